The molecule has 1 amide bonds. The number of carbonyl (C=O) groups is 2. The SMILES string of the molecule is CC(C)(C)OC(=O)CNC(=O)CN.Cc1ccccc1. The Morgan fingerprint density at radius 3 is 2.10 bits per heavy atom. The van der Waals surface area contributed by atoms with Crippen LogP contribution in [0.15, 0.2) is 30.3 Å². The van der Waals surface area contributed by atoms with Gasteiger partial charge in [0.2, 0.25) is 5.91 Å². The molecular weight excluding hydrogens is 256 g/mol. The van der Waals surface area contributed by atoms with Gasteiger partial charge in [-0.2, -0.15) is 0 Å². The minimum absolute atomic E-state index is 0.122. The molecule has 0 radical (unpaired) electrons. The average molecular weight is 280 g/mol. The van der Waals surface area contributed by atoms with Gasteiger partial charge in [0.05, 0.1) is 6.54 Å². The summed E-state index contributed by atoms with van der Waals surface area (Å²) < 4.78 is 4.94. The zero-order valence-corrected chi connectivity index (χ0v) is 12.6. The van der Waals surface area contributed by atoms with Gasteiger partial charge in [0.1, 0.15) is 12.1 Å². The molecule has 0 saturated heterocycles. The van der Waals surface area contributed by atoms with Crippen molar-refractivity contribution >= 4 is 11.9 Å². The zero-order chi connectivity index (χ0) is 15.6. The van der Waals surface area contributed by atoms with Crippen molar-refractivity contribution in [2.24, 2.45) is 5.73 Å². The first-order chi connectivity index (χ1) is 9.24. The molecule has 0 aromatic heterocycles. The Balaban J connectivity index is 0.000000428. The molecule has 5 nitrogen and oxygen atoms in total. The van der Waals surface area contributed by atoms with Crippen molar-refractivity contribution in [2.75, 3.05) is 13.1 Å². The molecule has 0 bridgehead atoms. The lowest BCUT2D eigenvalue weighted by molar-refractivity contribution is -0.154. The molecule has 0 heterocycles. The number of benzene rings is 1. The van der Waals surface area contributed by atoms with E-state index >= 15 is 0 Å². The maximum Gasteiger partial charge on any atom is 0.325 e. The highest BCUT2D eigenvalue weighted by Crippen LogP contribution is 2.05. The van der Waals surface area contributed by atoms with Crippen molar-refractivity contribution in [2.45, 2.75) is 33.3 Å². The average Bonchev–Trinajstić information content (AvgIpc) is 2.35. The quantitative estimate of drug-likeness (QED) is 0.820. The predicted octanol–water partition coefficient (Wildman–Crippen LogP) is 1.40. The molecule has 5 heteroatoms. The van der Waals surface area contributed by atoms with Crippen molar-refractivity contribution < 1.29 is 14.3 Å². The largest absolute Gasteiger partial charge is 0.459 e. The Hall–Kier alpha value is -1.88. The standard InChI is InChI=1S/C8H16N2O3.C7H8/c1-8(2,3)13-7(12)5-10-6(11)4-9;1-7-5-3-2-4-6-7/h4-5,9H2,1-3H3,(H,10,11);2-6H,1H3. The van der Waals surface area contributed by atoms with E-state index in [9.17, 15) is 9.59 Å². The maximum atomic E-state index is 11.0. The third kappa shape index (κ3) is 11.2. The van der Waals surface area contributed by atoms with Crippen LogP contribution in [-0.2, 0) is 14.3 Å². The van der Waals surface area contributed by atoms with Gasteiger partial charge in [0.25, 0.3) is 0 Å². The summed E-state index contributed by atoms with van der Waals surface area (Å²) in [5, 5.41) is 2.32. The van der Waals surface area contributed by atoms with E-state index in [4.69, 9.17) is 10.5 Å². The molecule has 0 unspecified atom stereocenters. The lowest BCUT2D eigenvalue weighted by Gasteiger charge is -2.19. The number of aryl methyl sites for hydroxylation is 1. The summed E-state index contributed by atoms with van der Waals surface area (Å²) in [5.41, 5.74) is 5.82. The molecule has 0 aliphatic carbocycles. The third-order valence-corrected chi connectivity index (χ3v) is 1.98. The fraction of sp³-hybridized carbons (Fsp3) is 0.467. The van der Waals surface area contributed by atoms with Crippen LogP contribution in [0, 0.1) is 6.92 Å². The van der Waals surface area contributed by atoms with E-state index in [1.165, 1.54) is 5.56 Å². The van der Waals surface area contributed by atoms with E-state index < -0.39 is 11.6 Å². The topological polar surface area (TPSA) is 81.4 Å². The van der Waals surface area contributed by atoms with Crippen LogP contribution in [0.2, 0.25) is 0 Å². The van der Waals surface area contributed by atoms with Crippen LogP contribution in [0.4, 0.5) is 0 Å². The fourth-order valence-corrected chi connectivity index (χ4v) is 1.15. The van der Waals surface area contributed by atoms with Gasteiger partial charge in [-0.05, 0) is 27.7 Å². The monoisotopic (exact) mass is 280 g/mol. The first-order valence-electron chi connectivity index (χ1n) is 6.45. The van der Waals surface area contributed by atoms with Crippen molar-refractivity contribution in [3.63, 3.8) is 0 Å². The lowest BCUT2D eigenvalue weighted by Crippen LogP contribution is -2.37. The van der Waals surface area contributed by atoms with Crippen LogP contribution in [-0.4, -0.2) is 30.6 Å². The van der Waals surface area contributed by atoms with Gasteiger partial charge < -0.3 is 15.8 Å². The molecule has 112 valence electrons. The maximum absolute atomic E-state index is 11.0. The second-order valence-corrected chi connectivity index (χ2v) is 5.22. The minimum Gasteiger partial charge on any atom is -0.459 e. The van der Waals surface area contributed by atoms with E-state index in [1.54, 1.807) is 20.8 Å². The van der Waals surface area contributed by atoms with Gasteiger partial charge in [-0.3, -0.25) is 9.59 Å². The molecule has 0 fully saturated rings. The number of amides is 1. The Morgan fingerprint density at radius 2 is 1.75 bits per heavy atom. The molecule has 1 aromatic rings. The van der Waals surface area contributed by atoms with Crippen LogP contribution < -0.4 is 11.1 Å². The molecule has 1 aromatic carbocycles. The number of ether oxygens (including phenoxy) is 1. The molecule has 0 saturated carbocycles. The number of hydrogen-bond acceptors (Lipinski definition) is 4. The summed E-state index contributed by atoms with van der Waals surface area (Å²) in [5.74, 6) is -0.833. The van der Waals surface area contributed by atoms with E-state index in [1.807, 2.05) is 18.2 Å². The van der Waals surface area contributed by atoms with Crippen LogP contribution in [0.25, 0.3) is 0 Å². The predicted molar refractivity (Wildman–Crippen MR) is 79.1 cm³/mol. The van der Waals surface area contributed by atoms with Crippen LogP contribution in [0.3, 0.4) is 0 Å². The fourth-order valence-electron chi connectivity index (χ4n) is 1.15. The number of nitrogens with one attached hydrogen (secondary N) is 1. The normalized spacial score (nSPS) is 10.1. The van der Waals surface area contributed by atoms with Gasteiger partial charge in [0.15, 0.2) is 0 Å². The highest BCUT2D eigenvalue weighted by Gasteiger charge is 2.16. The van der Waals surface area contributed by atoms with Crippen LogP contribution >= 0.6 is 0 Å². The Kier molecular flexibility index (Phi) is 8.24. The van der Waals surface area contributed by atoms with E-state index in [2.05, 4.69) is 24.4 Å². The number of hydrogen-bond donors (Lipinski definition) is 2. The zero-order valence-electron chi connectivity index (χ0n) is 12.6. The van der Waals surface area contributed by atoms with Gasteiger partial charge in [-0.25, -0.2) is 0 Å². The van der Waals surface area contributed by atoms with Crippen molar-refractivity contribution in [3.05, 3.63) is 35.9 Å². The first kappa shape index (κ1) is 18.1. The molecular formula is C15H24N2O3. The Morgan fingerprint density at radius 1 is 1.20 bits per heavy atom. The summed E-state index contributed by atoms with van der Waals surface area (Å²) in [6.07, 6.45) is 0. The van der Waals surface area contributed by atoms with Crippen LogP contribution in [0.5, 0.6) is 0 Å². The lowest BCUT2D eigenvalue weighted by atomic mass is 10.2. The third-order valence-electron chi connectivity index (χ3n) is 1.98. The molecule has 1 rings (SSSR count). The first-order valence-corrected chi connectivity index (χ1v) is 6.45. The summed E-state index contributed by atoms with van der Waals surface area (Å²) in [6, 6.07) is 10.3. The number of carbonyl (C=O) groups excluding carboxylic acids is 2. The van der Waals surface area contributed by atoms with Crippen molar-refractivity contribution in [1.82, 2.24) is 5.32 Å². The summed E-state index contributed by atoms with van der Waals surface area (Å²) in [7, 11) is 0. The molecule has 3 N–H and O–H groups in total. The van der Waals surface area contributed by atoms with Crippen LogP contribution in [0.1, 0.15) is 26.3 Å². The molecule has 0 aliphatic rings. The van der Waals surface area contributed by atoms with Gasteiger partial charge >= 0.3 is 5.97 Å². The smallest absolute Gasteiger partial charge is 0.325 e. The van der Waals surface area contributed by atoms with Gasteiger partial charge in [-0.1, -0.05) is 35.9 Å². The van der Waals surface area contributed by atoms with E-state index in [-0.39, 0.29) is 19.0 Å². The highest BCUT2D eigenvalue weighted by molar-refractivity contribution is 5.83. The Labute approximate surface area is 120 Å². The minimum atomic E-state index is -0.523. The number of rotatable bonds is 3. The second kappa shape index (κ2) is 9.09. The molecule has 20 heavy (non-hydrogen) atoms. The molecule has 0 atom stereocenters. The highest BCUT2D eigenvalue weighted by atomic mass is 16.6. The van der Waals surface area contributed by atoms with Crippen molar-refractivity contribution in [1.29, 1.82) is 0 Å². The molecule has 0 aliphatic heterocycles. The van der Waals surface area contributed by atoms with Gasteiger partial charge in [0, 0.05) is 0 Å². The summed E-state index contributed by atoms with van der Waals surface area (Å²) in [4.78, 5) is 21.6. The summed E-state index contributed by atoms with van der Waals surface area (Å²) in [6.45, 7) is 7.11. The number of nitrogens with two attached hydrogens (primary N) is 1. The molecule has 0 spiro atoms. The van der Waals surface area contributed by atoms with Gasteiger partial charge in [-0.15, -0.1) is 0 Å². The summed E-state index contributed by atoms with van der Waals surface area (Å²) >= 11 is 0. The van der Waals surface area contributed by atoms with E-state index in [0.29, 0.717) is 0 Å². The second-order valence-electron chi connectivity index (χ2n) is 5.22. The van der Waals surface area contributed by atoms with E-state index in [0.717, 1.165) is 0 Å². The number of esters is 1. The van der Waals surface area contributed by atoms with Crippen molar-refractivity contribution in [3.8, 4) is 0 Å². The Bertz CT molecular complexity index is 411.